The molecule has 0 saturated heterocycles. The van der Waals surface area contributed by atoms with Crippen molar-refractivity contribution in [3.05, 3.63) is 63.3 Å². The smallest absolute Gasteiger partial charge is 0.270 e. The van der Waals surface area contributed by atoms with Crippen LogP contribution in [0.4, 0.5) is 15.8 Å². The molecule has 3 aromatic rings. The van der Waals surface area contributed by atoms with Gasteiger partial charge in [-0.2, -0.15) is 10.5 Å². The lowest BCUT2D eigenvalue weighted by Crippen LogP contribution is -2.44. The minimum absolute atomic E-state index is 0.0550. The molecule has 7 nitrogen and oxygen atoms in total. The molecule has 37 heavy (non-hydrogen) atoms. The molecule has 0 unspecified atom stereocenters. The number of halogens is 1. The van der Waals surface area contributed by atoms with Crippen LogP contribution in [0.15, 0.2) is 35.1 Å². The van der Waals surface area contributed by atoms with Gasteiger partial charge < -0.3 is 14.4 Å². The van der Waals surface area contributed by atoms with E-state index in [1.54, 1.807) is 25.2 Å². The first-order chi connectivity index (χ1) is 17.8. The van der Waals surface area contributed by atoms with Gasteiger partial charge in [-0.15, -0.1) is 0 Å². The number of aromatic nitrogens is 2. The fraction of sp³-hybridized carbons (Fsp3) is 0.448. The summed E-state index contributed by atoms with van der Waals surface area (Å²) in [7, 11) is 3.55. The Labute approximate surface area is 216 Å². The highest BCUT2D eigenvalue weighted by Gasteiger charge is 2.33. The summed E-state index contributed by atoms with van der Waals surface area (Å²) >= 11 is 0. The lowest BCUT2D eigenvalue weighted by atomic mass is 9.88. The fourth-order valence-electron chi connectivity index (χ4n) is 5.69. The van der Waals surface area contributed by atoms with Gasteiger partial charge in [-0.25, -0.2) is 9.37 Å². The van der Waals surface area contributed by atoms with E-state index in [1.165, 1.54) is 17.4 Å². The van der Waals surface area contributed by atoms with Gasteiger partial charge in [0.2, 0.25) is 0 Å². The van der Waals surface area contributed by atoms with Crippen molar-refractivity contribution in [3.8, 4) is 12.1 Å². The lowest BCUT2D eigenvalue weighted by molar-refractivity contribution is 0.365. The topological polar surface area (TPSA) is 89.0 Å². The summed E-state index contributed by atoms with van der Waals surface area (Å²) in [5, 5.41) is 19.3. The van der Waals surface area contributed by atoms with Crippen molar-refractivity contribution in [2.75, 3.05) is 23.4 Å². The second kappa shape index (κ2) is 9.86. The number of nitrogens with zero attached hydrogens (tertiary/aromatic N) is 6. The Bertz CT molecular complexity index is 1490. The number of anilines is 2. The van der Waals surface area contributed by atoms with Crippen LogP contribution in [0, 0.1) is 41.3 Å². The zero-order valence-electron chi connectivity index (χ0n) is 21.5. The van der Waals surface area contributed by atoms with Crippen LogP contribution in [-0.4, -0.2) is 35.2 Å². The molecule has 0 radical (unpaired) electrons. The molecule has 8 heteroatoms. The summed E-state index contributed by atoms with van der Waals surface area (Å²) < 4.78 is 15.4. The van der Waals surface area contributed by atoms with Gasteiger partial charge in [0.1, 0.15) is 34.7 Å². The van der Waals surface area contributed by atoms with Crippen molar-refractivity contribution in [3.63, 3.8) is 0 Å². The van der Waals surface area contributed by atoms with Crippen LogP contribution in [0.2, 0.25) is 0 Å². The molecule has 1 aromatic carbocycles. The van der Waals surface area contributed by atoms with E-state index in [1.807, 2.05) is 31.0 Å². The second-order valence-corrected chi connectivity index (χ2v) is 10.5. The standard InChI is InChI=1S/C29H31FN6O/c1-18-14-23(11-12-25(18)30)36(17-19-4-5-19)22-9-7-21(8-10-22)34(2)28-24(16-32)29(37)35(3)26-13-6-20(15-31)33-27(26)28/h6,11-14,19,21-22H,4-5,7-10,17H2,1-3H3/t21-,22-. The third-order valence-corrected chi connectivity index (χ3v) is 8.07. The van der Waals surface area contributed by atoms with Crippen LogP contribution in [0.1, 0.15) is 55.3 Å². The van der Waals surface area contributed by atoms with Crippen molar-refractivity contribution in [2.45, 2.75) is 57.5 Å². The van der Waals surface area contributed by atoms with Crippen molar-refractivity contribution in [1.29, 1.82) is 10.5 Å². The molecule has 2 saturated carbocycles. The van der Waals surface area contributed by atoms with Gasteiger partial charge in [0.05, 0.1) is 11.2 Å². The summed E-state index contributed by atoms with van der Waals surface area (Å²) in [4.78, 5) is 22.0. The van der Waals surface area contributed by atoms with E-state index in [0.717, 1.165) is 37.9 Å². The molecule has 0 aliphatic heterocycles. The van der Waals surface area contributed by atoms with Crippen LogP contribution in [0.25, 0.3) is 11.0 Å². The maximum Gasteiger partial charge on any atom is 0.270 e. The monoisotopic (exact) mass is 498 g/mol. The Hall–Kier alpha value is -3.91. The number of nitriles is 2. The molecule has 0 N–H and O–H groups in total. The van der Waals surface area contributed by atoms with E-state index in [0.29, 0.717) is 34.2 Å². The maximum atomic E-state index is 14.0. The zero-order valence-corrected chi connectivity index (χ0v) is 21.5. The Morgan fingerprint density at radius 1 is 1.05 bits per heavy atom. The molecule has 2 aromatic heterocycles. The SMILES string of the molecule is Cc1cc(N(CC2CC2)[C@H]2CC[C@H](N(C)c3c(C#N)c(=O)n(C)c4ccc(C#N)nc34)CC2)ccc1F. The molecule has 2 aliphatic rings. The summed E-state index contributed by atoms with van der Waals surface area (Å²) in [6.07, 6.45) is 6.20. The van der Waals surface area contributed by atoms with E-state index in [-0.39, 0.29) is 28.7 Å². The summed E-state index contributed by atoms with van der Waals surface area (Å²) in [5.41, 5.74) is 3.29. The maximum absolute atomic E-state index is 14.0. The van der Waals surface area contributed by atoms with E-state index in [9.17, 15) is 19.7 Å². The number of benzene rings is 1. The number of aryl methyl sites for hydroxylation is 2. The fourth-order valence-corrected chi connectivity index (χ4v) is 5.69. The summed E-state index contributed by atoms with van der Waals surface area (Å²) in [5.74, 6) is 0.527. The Kier molecular flexibility index (Phi) is 6.60. The number of fused-ring (bicyclic) bond motifs is 1. The van der Waals surface area contributed by atoms with Crippen LogP contribution < -0.4 is 15.4 Å². The molecule has 0 atom stereocenters. The molecular weight excluding hydrogens is 467 g/mol. The van der Waals surface area contributed by atoms with Crippen LogP contribution in [0.3, 0.4) is 0 Å². The minimum Gasteiger partial charge on any atom is -0.369 e. The third kappa shape index (κ3) is 4.64. The van der Waals surface area contributed by atoms with Crippen LogP contribution in [-0.2, 0) is 7.05 Å². The van der Waals surface area contributed by atoms with Gasteiger partial charge in [-0.1, -0.05) is 0 Å². The predicted octanol–water partition coefficient (Wildman–Crippen LogP) is 4.79. The van der Waals surface area contributed by atoms with Gasteiger partial charge in [0.15, 0.2) is 0 Å². The summed E-state index contributed by atoms with van der Waals surface area (Å²) in [6.45, 7) is 2.81. The van der Waals surface area contributed by atoms with Crippen molar-refractivity contribution < 1.29 is 4.39 Å². The largest absolute Gasteiger partial charge is 0.369 e. The van der Waals surface area contributed by atoms with Gasteiger partial charge >= 0.3 is 0 Å². The number of rotatable bonds is 6. The first-order valence-corrected chi connectivity index (χ1v) is 12.9. The molecule has 0 bridgehead atoms. The molecule has 0 amide bonds. The normalized spacial score (nSPS) is 19.3. The molecule has 2 aliphatic carbocycles. The van der Waals surface area contributed by atoms with Crippen LogP contribution >= 0.6 is 0 Å². The molecule has 2 fully saturated rings. The average molecular weight is 499 g/mol. The van der Waals surface area contributed by atoms with Gasteiger partial charge in [-0.3, -0.25) is 4.79 Å². The minimum atomic E-state index is -0.362. The highest BCUT2D eigenvalue weighted by Crippen LogP contribution is 2.38. The highest BCUT2D eigenvalue weighted by atomic mass is 19.1. The van der Waals surface area contributed by atoms with E-state index in [2.05, 4.69) is 22.0 Å². The Morgan fingerprint density at radius 3 is 2.38 bits per heavy atom. The van der Waals surface area contributed by atoms with Crippen molar-refractivity contribution >= 4 is 22.4 Å². The first-order valence-electron chi connectivity index (χ1n) is 12.9. The van der Waals surface area contributed by atoms with E-state index in [4.69, 9.17) is 0 Å². The molecule has 190 valence electrons. The lowest BCUT2D eigenvalue weighted by Gasteiger charge is -2.42. The van der Waals surface area contributed by atoms with E-state index < -0.39 is 0 Å². The van der Waals surface area contributed by atoms with E-state index >= 15 is 0 Å². The Balaban J connectivity index is 1.43. The number of pyridine rings is 2. The predicted molar refractivity (Wildman–Crippen MR) is 142 cm³/mol. The Morgan fingerprint density at radius 2 is 1.76 bits per heavy atom. The van der Waals surface area contributed by atoms with Gasteiger partial charge in [0.25, 0.3) is 5.56 Å². The average Bonchev–Trinajstić information content (AvgIpc) is 3.74. The number of hydrogen-bond donors (Lipinski definition) is 0. The first kappa shape index (κ1) is 24.8. The quantitative estimate of drug-likeness (QED) is 0.486. The highest BCUT2D eigenvalue weighted by molar-refractivity contribution is 5.92. The third-order valence-electron chi connectivity index (χ3n) is 8.07. The molecule has 5 rings (SSSR count). The number of hydrogen-bond acceptors (Lipinski definition) is 6. The van der Waals surface area contributed by atoms with Crippen molar-refractivity contribution in [2.24, 2.45) is 13.0 Å². The second-order valence-electron chi connectivity index (χ2n) is 10.5. The van der Waals surface area contributed by atoms with Gasteiger partial charge in [-0.05, 0) is 87.3 Å². The van der Waals surface area contributed by atoms with Crippen molar-refractivity contribution in [1.82, 2.24) is 9.55 Å². The van der Waals surface area contributed by atoms with Crippen LogP contribution in [0.5, 0.6) is 0 Å². The molecule has 0 spiro atoms. The van der Waals surface area contributed by atoms with Gasteiger partial charge in [0, 0.05) is 38.4 Å². The molecular formula is C29H31FN6O. The zero-order chi connectivity index (χ0) is 26.3. The summed E-state index contributed by atoms with van der Waals surface area (Å²) in [6, 6.07) is 13.4. The molecule has 2 heterocycles.